The molecule has 4 aromatic rings. The molecular weight excluding hydrogens is 374 g/mol. The molecule has 0 unspecified atom stereocenters. The van der Waals surface area contributed by atoms with Crippen molar-refractivity contribution in [3.05, 3.63) is 89.7 Å². The molecule has 0 fully saturated rings. The summed E-state index contributed by atoms with van der Waals surface area (Å²) in [6.45, 7) is 0.624. The van der Waals surface area contributed by atoms with Gasteiger partial charge in [-0.25, -0.2) is 9.97 Å². The molecule has 0 bridgehead atoms. The number of nitrogens with one attached hydrogen (secondary N) is 1. The van der Waals surface area contributed by atoms with E-state index in [-0.39, 0.29) is 0 Å². The Morgan fingerprint density at radius 1 is 0.733 bits per heavy atom. The quantitative estimate of drug-likeness (QED) is 0.450. The number of anilines is 1. The van der Waals surface area contributed by atoms with Crippen LogP contribution in [0, 0.1) is 0 Å². The average molecular weight is 399 g/mol. The number of hydrogen-bond donors (Lipinski definition) is 1. The van der Waals surface area contributed by atoms with Gasteiger partial charge in [-0.05, 0) is 41.8 Å². The third kappa shape index (κ3) is 4.51. The highest BCUT2D eigenvalue weighted by Crippen LogP contribution is 2.28. The first-order chi connectivity index (χ1) is 14.8. The summed E-state index contributed by atoms with van der Waals surface area (Å²) in [6.07, 6.45) is 1.70. The third-order valence-corrected chi connectivity index (χ3v) is 5.04. The van der Waals surface area contributed by atoms with Gasteiger partial charge in [0.15, 0.2) is 11.5 Å². The van der Waals surface area contributed by atoms with Crippen molar-refractivity contribution >= 4 is 16.7 Å². The SMILES string of the molecule is COc1ccc(CNc2nc(CCc3ccccc3)nc3ccccc23)cc1OC. The second kappa shape index (κ2) is 9.27. The van der Waals surface area contributed by atoms with E-state index in [1.165, 1.54) is 5.56 Å². The Bertz CT molecular complexity index is 1130. The summed E-state index contributed by atoms with van der Waals surface area (Å²) in [7, 11) is 3.28. The molecule has 0 saturated heterocycles. The lowest BCUT2D eigenvalue weighted by Gasteiger charge is -2.13. The van der Waals surface area contributed by atoms with Gasteiger partial charge in [0.05, 0.1) is 19.7 Å². The van der Waals surface area contributed by atoms with Crippen molar-refractivity contribution in [2.45, 2.75) is 19.4 Å². The fourth-order valence-electron chi connectivity index (χ4n) is 3.45. The van der Waals surface area contributed by atoms with Crippen LogP contribution < -0.4 is 14.8 Å². The van der Waals surface area contributed by atoms with Gasteiger partial charge in [-0.3, -0.25) is 0 Å². The van der Waals surface area contributed by atoms with Crippen LogP contribution in [0.3, 0.4) is 0 Å². The van der Waals surface area contributed by atoms with Gasteiger partial charge in [0, 0.05) is 18.4 Å². The normalized spacial score (nSPS) is 10.7. The second-order valence-electron chi connectivity index (χ2n) is 7.03. The topological polar surface area (TPSA) is 56.3 Å². The lowest BCUT2D eigenvalue weighted by Crippen LogP contribution is -2.07. The van der Waals surface area contributed by atoms with Gasteiger partial charge in [-0.2, -0.15) is 0 Å². The first kappa shape index (κ1) is 19.7. The number of aryl methyl sites for hydroxylation is 2. The number of benzene rings is 3. The molecular formula is C25H25N3O2. The maximum atomic E-state index is 5.41. The Balaban J connectivity index is 1.56. The Morgan fingerprint density at radius 2 is 1.50 bits per heavy atom. The van der Waals surface area contributed by atoms with Gasteiger partial charge in [-0.1, -0.05) is 48.5 Å². The number of methoxy groups -OCH3 is 2. The maximum Gasteiger partial charge on any atom is 0.161 e. The molecule has 1 heterocycles. The average Bonchev–Trinajstić information content (AvgIpc) is 2.81. The molecule has 0 aliphatic heterocycles. The van der Waals surface area contributed by atoms with Gasteiger partial charge in [0.2, 0.25) is 0 Å². The minimum atomic E-state index is 0.624. The van der Waals surface area contributed by atoms with Crippen LogP contribution in [-0.2, 0) is 19.4 Å². The number of rotatable bonds is 8. The van der Waals surface area contributed by atoms with Crippen molar-refractivity contribution < 1.29 is 9.47 Å². The summed E-state index contributed by atoms with van der Waals surface area (Å²) in [6, 6.07) is 24.4. The van der Waals surface area contributed by atoms with E-state index < -0.39 is 0 Å². The van der Waals surface area contributed by atoms with Crippen LogP contribution in [0.1, 0.15) is 17.0 Å². The molecule has 0 atom stereocenters. The van der Waals surface area contributed by atoms with Gasteiger partial charge in [0.1, 0.15) is 11.6 Å². The number of nitrogens with zero attached hydrogens (tertiary/aromatic N) is 2. The highest BCUT2D eigenvalue weighted by molar-refractivity contribution is 5.89. The summed E-state index contributed by atoms with van der Waals surface area (Å²) in [5, 5.41) is 4.50. The number of para-hydroxylation sites is 1. The molecule has 0 radical (unpaired) electrons. The van der Waals surface area contributed by atoms with Crippen molar-refractivity contribution in [3.8, 4) is 11.5 Å². The molecule has 0 saturated carbocycles. The van der Waals surface area contributed by atoms with E-state index in [1.807, 2.05) is 48.5 Å². The fraction of sp³-hybridized carbons (Fsp3) is 0.200. The smallest absolute Gasteiger partial charge is 0.161 e. The van der Waals surface area contributed by atoms with Crippen LogP contribution in [-0.4, -0.2) is 24.2 Å². The highest BCUT2D eigenvalue weighted by atomic mass is 16.5. The molecule has 1 aromatic heterocycles. The zero-order chi connectivity index (χ0) is 20.8. The van der Waals surface area contributed by atoms with Gasteiger partial charge >= 0.3 is 0 Å². The van der Waals surface area contributed by atoms with E-state index in [0.29, 0.717) is 12.3 Å². The lowest BCUT2D eigenvalue weighted by atomic mass is 10.1. The largest absolute Gasteiger partial charge is 0.493 e. The summed E-state index contributed by atoms with van der Waals surface area (Å²) in [5.41, 5.74) is 3.32. The van der Waals surface area contributed by atoms with Crippen molar-refractivity contribution in [3.63, 3.8) is 0 Å². The predicted molar refractivity (Wildman–Crippen MR) is 120 cm³/mol. The monoisotopic (exact) mass is 399 g/mol. The highest BCUT2D eigenvalue weighted by Gasteiger charge is 2.09. The zero-order valence-electron chi connectivity index (χ0n) is 17.3. The summed E-state index contributed by atoms with van der Waals surface area (Å²) in [4.78, 5) is 9.60. The van der Waals surface area contributed by atoms with Crippen LogP contribution in [0.5, 0.6) is 11.5 Å². The van der Waals surface area contributed by atoms with E-state index >= 15 is 0 Å². The Morgan fingerprint density at radius 3 is 2.30 bits per heavy atom. The molecule has 5 nitrogen and oxygen atoms in total. The molecule has 0 aliphatic carbocycles. The van der Waals surface area contributed by atoms with Crippen molar-refractivity contribution in [2.24, 2.45) is 0 Å². The molecule has 30 heavy (non-hydrogen) atoms. The molecule has 5 heteroatoms. The Hall–Kier alpha value is -3.60. The van der Waals surface area contributed by atoms with Crippen LogP contribution in [0.15, 0.2) is 72.8 Å². The second-order valence-corrected chi connectivity index (χ2v) is 7.03. The molecule has 0 aliphatic rings. The zero-order valence-corrected chi connectivity index (χ0v) is 17.3. The molecule has 3 aromatic carbocycles. The molecule has 0 amide bonds. The van der Waals surface area contributed by atoms with Crippen molar-refractivity contribution in [1.29, 1.82) is 0 Å². The van der Waals surface area contributed by atoms with Crippen LogP contribution >= 0.6 is 0 Å². The minimum Gasteiger partial charge on any atom is -0.493 e. The van der Waals surface area contributed by atoms with E-state index in [2.05, 4.69) is 29.6 Å². The predicted octanol–water partition coefficient (Wildman–Crippen LogP) is 5.04. The van der Waals surface area contributed by atoms with Crippen LogP contribution in [0.2, 0.25) is 0 Å². The van der Waals surface area contributed by atoms with Crippen molar-refractivity contribution in [2.75, 3.05) is 19.5 Å². The van der Waals surface area contributed by atoms with E-state index in [0.717, 1.165) is 46.7 Å². The standard InChI is InChI=1S/C25H25N3O2/c1-29-22-14-12-19(16-23(22)30-2)17-26-25-20-10-6-7-11-21(20)27-24(28-25)15-13-18-8-4-3-5-9-18/h3-12,14,16H,13,15,17H2,1-2H3,(H,26,27,28). The van der Waals surface area contributed by atoms with Crippen LogP contribution in [0.4, 0.5) is 5.82 Å². The van der Waals surface area contributed by atoms with Crippen LogP contribution in [0.25, 0.3) is 10.9 Å². The molecule has 0 spiro atoms. The van der Waals surface area contributed by atoms with Crippen molar-refractivity contribution in [1.82, 2.24) is 9.97 Å². The fourth-order valence-corrected chi connectivity index (χ4v) is 3.45. The summed E-state index contributed by atoms with van der Waals surface area (Å²) < 4.78 is 10.7. The number of aromatic nitrogens is 2. The van der Waals surface area contributed by atoms with Gasteiger partial charge in [0.25, 0.3) is 0 Å². The van der Waals surface area contributed by atoms with Gasteiger partial charge in [-0.15, -0.1) is 0 Å². The maximum absolute atomic E-state index is 5.41. The molecule has 4 rings (SSSR count). The lowest BCUT2D eigenvalue weighted by molar-refractivity contribution is 0.354. The molecule has 152 valence electrons. The number of fused-ring (bicyclic) bond motifs is 1. The van der Waals surface area contributed by atoms with E-state index in [9.17, 15) is 0 Å². The Kier molecular flexibility index (Phi) is 6.09. The molecule has 1 N–H and O–H groups in total. The summed E-state index contributed by atoms with van der Waals surface area (Å²) in [5.74, 6) is 3.12. The Labute approximate surface area is 176 Å². The third-order valence-electron chi connectivity index (χ3n) is 5.04. The summed E-state index contributed by atoms with van der Waals surface area (Å²) >= 11 is 0. The minimum absolute atomic E-state index is 0.624. The van der Waals surface area contributed by atoms with E-state index in [1.54, 1.807) is 14.2 Å². The first-order valence-electron chi connectivity index (χ1n) is 10.0. The van der Waals surface area contributed by atoms with Gasteiger partial charge < -0.3 is 14.8 Å². The first-order valence-corrected chi connectivity index (χ1v) is 10.0. The number of hydrogen-bond acceptors (Lipinski definition) is 5. The number of ether oxygens (including phenoxy) is 2. The van der Waals surface area contributed by atoms with E-state index in [4.69, 9.17) is 19.4 Å².